The first-order valence-corrected chi connectivity index (χ1v) is 8.10. The van der Waals surface area contributed by atoms with Crippen molar-refractivity contribution < 1.29 is 9.90 Å². The molecule has 1 atom stereocenters. The van der Waals surface area contributed by atoms with Crippen LogP contribution in [0.15, 0.2) is 24.3 Å². The molecule has 1 aromatic rings. The van der Waals surface area contributed by atoms with Crippen molar-refractivity contribution in [1.82, 2.24) is 14.7 Å². The van der Waals surface area contributed by atoms with Crippen molar-refractivity contribution in [3.63, 3.8) is 0 Å². The third-order valence-electron chi connectivity index (χ3n) is 4.79. The standard InChI is InChI=1S/C17H25N3O2/c1-18-7-8-19-9-10-20(13-15(19)12-18)17(22)6-5-14-3-2-4-16(21)11-14/h2-4,11,15,21H,5-10,12-13H2,1H3. The Hall–Kier alpha value is -1.59. The number of likely N-dealkylation sites (N-methyl/N-ethyl adjacent to an activating group) is 1. The Morgan fingerprint density at radius 3 is 2.86 bits per heavy atom. The Bertz CT molecular complexity index is 534. The number of nitrogens with zero attached hydrogens (tertiary/aromatic N) is 3. The number of phenolic OH excluding ortho intramolecular Hbond substituents is 1. The molecule has 0 bridgehead atoms. The second kappa shape index (κ2) is 6.67. The molecule has 2 fully saturated rings. The smallest absolute Gasteiger partial charge is 0.222 e. The van der Waals surface area contributed by atoms with E-state index in [9.17, 15) is 9.90 Å². The molecule has 1 amide bonds. The molecule has 0 saturated carbocycles. The monoisotopic (exact) mass is 303 g/mol. The maximum Gasteiger partial charge on any atom is 0.222 e. The van der Waals surface area contributed by atoms with E-state index in [4.69, 9.17) is 0 Å². The molecule has 1 aromatic carbocycles. The molecular weight excluding hydrogens is 278 g/mol. The summed E-state index contributed by atoms with van der Waals surface area (Å²) in [5.41, 5.74) is 1.02. The molecule has 5 heteroatoms. The van der Waals surface area contributed by atoms with Crippen LogP contribution in [-0.4, -0.2) is 78.1 Å². The third kappa shape index (κ3) is 3.59. The topological polar surface area (TPSA) is 47.0 Å². The molecule has 3 rings (SSSR count). The van der Waals surface area contributed by atoms with Gasteiger partial charge in [0.15, 0.2) is 0 Å². The van der Waals surface area contributed by atoms with E-state index in [0.717, 1.165) is 44.8 Å². The van der Waals surface area contributed by atoms with Gasteiger partial charge in [-0.3, -0.25) is 9.69 Å². The summed E-state index contributed by atoms with van der Waals surface area (Å²) < 4.78 is 0. The molecule has 5 nitrogen and oxygen atoms in total. The van der Waals surface area contributed by atoms with Gasteiger partial charge in [-0.15, -0.1) is 0 Å². The van der Waals surface area contributed by atoms with E-state index in [1.165, 1.54) is 0 Å². The summed E-state index contributed by atoms with van der Waals surface area (Å²) in [5, 5.41) is 9.48. The largest absolute Gasteiger partial charge is 0.508 e. The highest BCUT2D eigenvalue weighted by Gasteiger charge is 2.32. The zero-order chi connectivity index (χ0) is 15.5. The minimum Gasteiger partial charge on any atom is -0.508 e. The second-order valence-electron chi connectivity index (χ2n) is 6.46. The first kappa shape index (κ1) is 15.3. The third-order valence-corrected chi connectivity index (χ3v) is 4.79. The molecular formula is C17H25N3O2. The van der Waals surface area contributed by atoms with Gasteiger partial charge in [0.25, 0.3) is 0 Å². The Labute approximate surface area is 132 Å². The number of amides is 1. The maximum absolute atomic E-state index is 12.4. The average molecular weight is 303 g/mol. The predicted octanol–water partition coefficient (Wildman–Crippen LogP) is 0.783. The number of piperazine rings is 2. The highest BCUT2D eigenvalue weighted by atomic mass is 16.3. The fourth-order valence-electron chi connectivity index (χ4n) is 3.46. The number of hydrogen-bond donors (Lipinski definition) is 1. The van der Waals surface area contributed by atoms with Crippen LogP contribution < -0.4 is 0 Å². The van der Waals surface area contributed by atoms with Crippen LogP contribution >= 0.6 is 0 Å². The van der Waals surface area contributed by atoms with E-state index in [-0.39, 0.29) is 11.7 Å². The van der Waals surface area contributed by atoms with E-state index >= 15 is 0 Å². The number of aryl methyl sites for hydroxylation is 1. The van der Waals surface area contributed by atoms with Gasteiger partial charge in [0.1, 0.15) is 5.75 Å². The van der Waals surface area contributed by atoms with Gasteiger partial charge in [-0.1, -0.05) is 12.1 Å². The zero-order valence-electron chi connectivity index (χ0n) is 13.2. The zero-order valence-corrected chi connectivity index (χ0v) is 13.2. The molecule has 22 heavy (non-hydrogen) atoms. The second-order valence-corrected chi connectivity index (χ2v) is 6.46. The summed E-state index contributed by atoms with van der Waals surface area (Å²) in [7, 11) is 2.15. The predicted molar refractivity (Wildman–Crippen MR) is 85.9 cm³/mol. The molecule has 2 heterocycles. The van der Waals surface area contributed by atoms with Gasteiger partial charge < -0.3 is 14.9 Å². The molecule has 120 valence electrons. The van der Waals surface area contributed by atoms with Crippen molar-refractivity contribution in [1.29, 1.82) is 0 Å². The highest BCUT2D eigenvalue weighted by molar-refractivity contribution is 5.76. The maximum atomic E-state index is 12.4. The van der Waals surface area contributed by atoms with Crippen molar-refractivity contribution in [3.05, 3.63) is 29.8 Å². The number of hydrogen-bond acceptors (Lipinski definition) is 4. The van der Waals surface area contributed by atoms with Gasteiger partial charge in [-0.25, -0.2) is 0 Å². The van der Waals surface area contributed by atoms with Crippen molar-refractivity contribution in [3.8, 4) is 5.75 Å². The van der Waals surface area contributed by atoms with Crippen molar-refractivity contribution >= 4 is 5.91 Å². The first-order chi connectivity index (χ1) is 10.6. The normalized spacial score (nSPS) is 23.3. The van der Waals surface area contributed by atoms with Crippen molar-refractivity contribution in [2.24, 2.45) is 0 Å². The summed E-state index contributed by atoms with van der Waals surface area (Å²) in [6, 6.07) is 7.66. The minimum atomic E-state index is 0.233. The number of phenols is 1. The van der Waals surface area contributed by atoms with E-state index in [2.05, 4.69) is 16.8 Å². The van der Waals surface area contributed by atoms with Crippen LogP contribution in [0, 0.1) is 0 Å². The molecule has 2 aliphatic rings. The van der Waals surface area contributed by atoms with Gasteiger partial charge in [-0.05, 0) is 31.2 Å². The van der Waals surface area contributed by atoms with Gasteiger partial charge in [0.2, 0.25) is 5.91 Å². The van der Waals surface area contributed by atoms with Gasteiger partial charge >= 0.3 is 0 Å². The Morgan fingerprint density at radius 2 is 2.05 bits per heavy atom. The van der Waals surface area contributed by atoms with Gasteiger partial charge in [-0.2, -0.15) is 0 Å². The molecule has 1 unspecified atom stereocenters. The summed E-state index contributed by atoms with van der Waals surface area (Å²) >= 11 is 0. The summed E-state index contributed by atoms with van der Waals surface area (Å²) in [6.45, 7) is 5.99. The fourth-order valence-corrected chi connectivity index (χ4v) is 3.46. The Morgan fingerprint density at radius 1 is 1.23 bits per heavy atom. The first-order valence-electron chi connectivity index (χ1n) is 8.10. The Balaban J connectivity index is 1.52. The minimum absolute atomic E-state index is 0.233. The van der Waals surface area contributed by atoms with E-state index in [1.54, 1.807) is 12.1 Å². The van der Waals surface area contributed by atoms with Crippen LogP contribution in [0.25, 0.3) is 0 Å². The van der Waals surface area contributed by atoms with Crippen molar-refractivity contribution in [2.75, 3.05) is 46.3 Å². The Kier molecular flexibility index (Phi) is 4.64. The lowest BCUT2D eigenvalue weighted by Gasteiger charge is -2.46. The number of carbonyl (C=O) groups excluding carboxylic acids is 1. The average Bonchev–Trinajstić information content (AvgIpc) is 2.52. The molecule has 2 aliphatic heterocycles. The van der Waals surface area contributed by atoms with E-state index in [0.29, 0.717) is 18.9 Å². The number of carbonyl (C=O) groups is 1. The van der Waals surface area contributed by atoms with Crippen molar-refractivity contribution in [2.45, 2.75) is 18.9 Å². The number of aromatic hydroxyl groups is 1. The van der Waals surface area contributed by atoms with E-state index in [1.807, 2.05) is 17.0 Å². The summed E-state index contributed by atoms with van der Waals surface area (Å²) in [6.07, 6.45) is 1.21. The van der Waals surface area contributed by atoms with Crippen LogP contribution in [0.5, 0.6) is 5.75 Å². The van der Waals surface area contributed by atoms with Crippen LogP contribution in [0.1, 0.15) is 12.0 Å². The molecule has 0 radical (unpaired) electrons. The molecule has 2 saturated heterocycles. The lowest BCUT2D eigenvalue weighted by atomic mass is 10.1. The number of fused-ring (bicyclic) bond motifs is 1. The van der Waals surface area contributed by atoms with Crippen LogP contribution in [0.2, 0.25) is 0 Å². The number of rotatable bonds is 3. The number of benzene rings is 1. The summed E-state index contributed by atoms with van der Waals surface area (Å²) in [4.78, 5) is 19.3. The quantitative estimate of drug-likeness (QED) is 0.896. The summed E-state index contributed by atoms with van der Waals surface area (Å²) in [5.74, 6) is 0.500. The van der Waals surface area contributed by atoms with Crippen LogP contribution in [-0.2, 0) is 11.2 Å². The van der Waals surface area contributed by atoms with Gasteiger partial charge in [0.05, 0.1) is 0 Å². The lowest BCUT2D eigenvalue weighted by Crippen LogP contribution is -2.62. The SMILES string of the molecule is CN1CCN2CCN(C(=O)CCc3cccc(O)c3)CC2C1. The molecule has 0 aliphatic carbocycles. The van der Waals surface area contributed by atoms with Crippen LogP contribution in [0.3, 0.4) is 0 Å². The van der Waals surface area contributed by atoms with Crippen LogP contribution in [0.4, 0.5) is 0 Å². The highest BCUT2D eigenvalue weighted by Crippen LogP contribution is 2.17. The lowest BCUT2D eigenvalue weighted by molar-refractivity contribution is -0.135. The molecule has 0 spiro atoms. The van der Waals surface area contributed by atoms with Gasteiger partial charge in [0, 0.05) is 51.7 Å². The van der Waals surface area contributed by atoms with E-state index < -0.39 is 0 Å². The molecule has 1 N–H and O–H groups in total. The molecule has 0 aromatic heterocycles. The fraction of sp³-hybridized carbons (Fsp3) is 0.588.